The van der Waals surface area contributed by atoms with Crippen LogP contribution in [0.1, 0.15) is 24.1 Å². The molecule has 0 aliphatic rings. The van der Waals surface area contributed by atoms with Gasteiger partial charge in [0, 0.05) is 18.0 Å². The summed E-state index contributed by atoms with van der Waals surface area (Å²) in [5, 5.41) is 8.70. The third-order valence-electron chi connectivity index (χ3n) is 1.93. The van der Waals surface area contributed by atoms with E-state index >= 15 is 0 Å². The molecule has 1 atom stereocenters. The van der Waals surface area contributed by atoms with Crippen LogP contribution < -0.4 is 5.73 Å². The Hall–Kier alpha value is -1.42. The first kappa shape index (κ1) is 9.67. The molecule has 1 aromatic heterocycles. The van der Waals surface area contributed by atoms with Crippen LogP contribution in [0.25, 0.3) is 0 Å². The first-order valence-electron chi connectivity index (χ1n) is 4.08. The number of aromatic nitrogens is 1. The van der Waals surface area contributed by atoms with E-state index in [4.69, 9.17) is 10.8 Å². The zero-order valence-corrected chi connectivity index (χ0v) is 7.40. The predicted octanol–water partition coefficient (Wildman–Crippen LogP) is 0.728. The maximum atomic E-state index is 10.6. The van der Waals surface area contributed by atoms with Gasteiger partial charge in [-0.3, -0.25) is 9.78 Å². The Labute approximate surface area is 76.4 Å². The molecule has 0 aliphatic heterocycles. The fourth-order valence-electron chi connectivity index (χ4n) is 1.17. The molecule has 3 N–H and O–H groups in total. The second-order valence-corrected chi connectivity index (χ2v) is 2.74. The van der Waals surface area contributed by atoms with Crippen LogP contribution in [-0.2, 0) is 11.2 Å². The molecule has 0 saturated carbocycles. The van der Waals surface area contributed by atoms with Gasteiger partial charge in [0.15, 0.2) is 0 Å². The summed E-state index contributed by atoms with van der Waals surface area (Å²) < 4.78 is 0. The molecule has 13 heavy (non-hydrogen) atoms. The third-order valence-corrected chi connectivity index (χ3v) is 1.93. The number of nitrogens with zero attached hydrogens (tertiary/aromatic N) is 1. The molecule has 0 saturated heterocycles. The van der Waals surface area contributed by atoms with Crippen molar-refractivity contribution in [3.05, 3.63) is 29.6 Å². The Bertz CT molecular complexity index is 312. The van der Waals surface area contributed by atoms with Crippen molar-refractivity contribution in [3.8, 4) is 0 Å². The Balaban J connectivity index is 3.05. The quantitative estimate of drug-likeness (QED) is 0.718. The summed E-state index contributed by atoms with van der Waals surface area (Å²) in [4.78, 5) is 14.5. The first-order valence-corrected chi connectivity index (χ1v) is 4.08. The molecular weight excluding hydrogens is 168 g/mol. The van der Waals surface area contributed by atoms with Gasteiger partial charge in [0.1, 0.15) is 6.04 Å². The fourth-order valence-corrected chi connectivity index (χ4v) is 1.17. The van der Waals surface area contributed by atoms with E-state index in [1.165, 1.54) is 6.20 Å². The van der Waals surface area contributed by atoms with Crippen molar-refractivity contribution in [1.29, 1.82) is 0 Å². The molecule has 0 fully saturated rings. The summed E-state index contributed by atoms with van der Waals surface area (Å²) in [6.07, 6.45) is 3.91. The third kappa shape index (κ3) is 2.03. The summed E-state index contributed by atoms with van der Waals surface area (Å²) >= 11 is 0. The fraction of sp³-hybridized carbons (Fsp3) is 0.333. The van der Waals surface area contributed by atoms with E-state index in [0.717, 1.165) is 12.0 Å². The highest BCUT2D eigenvalue weighted by molar-refractivity contribution is 5.75. The van der Waals surface area contributed by atoms with Crippen molar-refractivity contribution in [2.24, 2.45) is 5.73 Å². The van der Waals surface area contributed by atoms with Crippen LogP contribution in [0.15, 0.2) is 18.5 Å². The Morgan fingerprint density at radius 3 is 3.00 bits per heavy atom. The minimum absolute atomic E-state index is 0.595. The van der Waals surface area contributed by atoms with Crippen LogP contribution in [0.3, 0.4) is 0 Å². The molecule has 0 spiro atoms. The molecule has 1 rings (SSSR count). The minimum atomic E-state index is -1.03. The van der Waals surface area contributed by atoms with Crippen molar-refractivity contribution in [2.75, 3.05) is 0 Å². The highest BCUT2D eigenvalue weighted by atomic mass is 16.4. The molecule has 4 heteroatoms. The summed E-state index contributed by atoms with van der Waals surface area (Å²) in [5.74, 6) is -1.03. The van der Waals surface area contributed by atoms with Crippen molar-refractivity contribution >= 4 is 5.97 Å². The smallest absolute Gasteiger partial charge is 0.325 e. The molecule has 0 aliphatic carbocycles. The van der Waals surface area contributed by atoms with E-state index in [9.17, 15) is 4.79 Å². The lowest BCUT2D eigenvalue weighted by Gasteiger charge is -2.10. The largest absolute Gasteiger partial charge is 0.480 e. The van der Waals surface area contributed by atoms with Crippen LogP contribution in [-0.4, -0.2) is 16.1 Å². The van der Waals surface area contributed by atoms with Crippen LogP contribution in [0.4, 0.5) is 0 Å². The van der Waals surface area contributed by atoms with Crippen molar-refractivity contribution in [2.45, 2.75) is 19.4 Å². The van der Waals surface area contributed by atoms with Gasteiger partial charge in [0.2, 0.25) is 0 Å². The number of carboxylic acids is 1. The van der Waals surface area contributed by atoms with Crippen LogP contribution in [0.5, 0.6) is 0 Å². The summed E-state index contributed by atoms with van der Waals surface area (Å²) in [6.45, 7) is 1.95. The number of aryl methyl sites for hydroxylation is 1. The summed E-state index contributed by atoms with van der Waals surface area (Å²) in [5.41, 5.74) is 7.00. The van der Waals surface area contributed by atoms with E-state index < -0.39 is 12.0 Å². The number of hydrogen-bond donors (Lipinski definition) is 2. The SMILES string of the molecule is CCc1ccncc1C(N)C(=O)O. The van der Waals surface area contributed by atoms with Gasteiger partial charge in [-0.05, 0) is 18.1 Å². The van der Waals surface area contributed by atoms with Crippen molar-refractivity contribution in [1.82, 2.24) is 4.98 Å². The Kier molecular flexibility index (Phi) is 2.97. The van der Waals surface area contributed by atoms with Gasteiger partial charge in [-0.1, -0.05) is 6.92 Å². The molecule has 0 aromatic carbocycles. The van der Waals surface area contributed by atoms with E-state index in [1.807, 2.05) is 6.92 Å². The number of carboxylic acid groups (broad SMARTS) is 1. The van der Waals surface area contributed by atoms with Crippen LogP contribution in [0.2, 0.25) is 0 Å². The molecule has 1 unspecified atom stereocenters. The first-order chi connectivity index (χ1) is 6.16. The van der Waals surface area contributed by atoms with Crippen molar-refractivity contribution in [3.63, 3.8) is 0 Å². The number of aliphatic carboxylic acids is 1. The van der Waals surface area contributed by atoms with Gasteiger partial charge < -0.3 is 10.8 Å². The second-order valence-electron chi connectivity index (χ2n) is 2.74. The lowest BCUT2D eigenvalue weighted by atomic mass is 10.0. The lowest BCUT2D eigenvalue weighted by Crippen LogP contribution is -2.22. The van der Waals surface area contributed by atoms with E-state index in [1.54, 1.807) is 12.3 Å². The highest BCUT2D eigenvalue weighted by Crippen LogP contribution is 2.15. The zero-order valence-electron chi connectivity index (χ0n) is 7.40. The average Bonchev–Trinajstić information content (AvgIpc) is 2.16. The van der Waals surface area contributed by atoms with Gasteiger partial charge in [0.05, 0.1) is 0 Å². The number of nitrogens with two attached hydrogens (primary N) is 1. The number of rotatable bonds is 3. The van der Waals surface area contributed by atoms with Crippen LogP contribution in [0, 0.1) is 0 Å². The van der Waals surface area contributed by atoms with Gasteiger partial charge in [0.25, 0.3) is 0 Å². The average molecular weight is 180 g/mol. The predicted molar refractivity (Wildman–Crippen MR) is 48.2 cm³/mol. The van der Waals surface area contributed by atoms with Gasteiger partial charge in [-0.25, -0.2) is 0 Å². The molecule has 70 valence electrons. The van der Waals surface area contributed by atoms with Gasteiger partial charge in [-0.2, -0.15) is 0 Å². The second kappa shape index (κ2) is 4.00. The van der Waals surface area contributed by atoms with E-state index in [2.05, 4.69) is 4.98 Å². The Morgan fingerprint density at radius 2 is 2.46 bits per heavy atom. The van der Waals surface area contributed by atoms with Crippen molar-refractivity contribution < 1.29 is 9.90 Å². The number of pyridine rings is 1. The summed E-state index contributed by atoms with van der Waals surface area (Å²) in [6, 6.07) is 0.821. The monoisotopic (exact) mass is 180 g/mol. The highest BCUT2D eigenvalue weighted by Gasteiger charge is 2.16. The van der Waals surface area contributed by atoms with Gasteiger partial charge >= 0.3 is 5.97 Å². The Morgan fingerprint density at radius 1 is 1.77 bits per heavy atom. The summed E-state index contributed by atoms with van der Waals surface area (Å²) in [7, 11) is 0. The molecule has 0 radical (unpaired) electrons. The lowest BCUT2D eigenvalue weighted by molar-refractivity contribution is -0.138. The number of carbonyl (C=O) groups is 1. The van der Waals surface area contributed by atoms with Gasteiger partial charge in [-0.15, -0.1) is 0 Å². The van der Waals surface area contributed by atoms with E-state index in [0.29, 0.717) is 5.56 Å². The maximum absolute atomic E-state index is 10.6. The molecule has 4 nitrogen and oxygen atoms in total. The molecule has 1 aromatic rings. The number of hydrogen-bond acceptors (Lipinski definition) is 3. The molecule has 1 heterocycles. The standard InChI is InChI=1S/C9H12N2O2/c1-2-6-3-4-11-5-7(6)8(10)9(12)13/h3-5,8H,2,10H2,1H3,(H,12,13). The molecule has 0 amide bonds. The zero-order chi connectivity index (χ0) is 9.84. The normalized spacial score (nSPS) is 12.5. The van der Waals surface area contributed by atoms with Crippen LogP contribution >= 0.6 is 0 Å². The molecular formula is C9H12N2O2. The topological polar surface area (TPSA) is 76.2 Å². The minimum Gasteiger partial charge on any atom is -0.480 e. The maximum Gasteiger partial charge on any atom is 0.325 e. The van der Waals surface area contributed by atoms with E-state index in [-0.39, 0.29) is 0 Å². The molecule has 0 bridgehead atoms.